The fourth-order valence-electron chi connectivity index (χ4n) is 0.602. The zero-order valence-electron chi connectivity index (χ0n) is 6.29. The SMILES string of the molecule is C.O=C(CO)C(O)C(O)C(O)CO. The predicted octanol–water partition coefficient (Wildman–Crippen LogP) is -2.74. The molecule has 0 aromatic rings. The normalized spacial score (nSPS) is 17.0. The number of aliphatic hydroxyl groups is 5. The summed E-state index contributed by atoms with van der Waals surface area (Å²) in [6.45, 7) is -1.69. The fraction of sp³-hybridized carbons (Fsp3) is 0.857. The van der Waals surface area contributed by atoms with E-state index in [0.29, 0.717) is 0 Å². The Labute approximate surface area is 76.1 Å². The number of carbonyl (C=O) groups is 1. The molecule has 3 unspecified atom stereocenters. The minimum absolute atomic E-state index is 0. The molecule has 6 heteroatoms. The van der Waals surface area contributed by atoms with E-state index in [0.717, 1.165) is 0 Å². The highest BCUT2D eigenvalue weighted by molar-refractivity contribution is 5.84. The first-order valence-corrected chi connectivity index (χ1v) is 3.33. The van der Waals surface area contributed by atoms with E-state index in [1.807, 2.05) is 0 Å². The third kappa shape index (κ3) is 4.30. The lowest BCUT2D eigenvalue weighted by Crippen LogP contribution is -2.44. The van der Waals surface area contributed by atoms with Crippen molar-refractivity contribution < 1.29 is 30.3 Å². The summed E-state index contributed by atoms with van der Waals surface area (Å²) < 4.78 is 0. The Kier molecular flexibility index (Phi) is 7.98. The van der Waals surface area contributed by atoms with Crippen LogP contribution in [0, 0.1) is 0 Å². The van der Waals surface area contributed by atoms with Gasteiger partial charge in [0.05, 0.1) is 6.61 Å². The molecule has 5 N–H and O–H groups in total. The fourth-order valence-corrected chi connectivity index (χ4v) is 0.602. The molecule has 3 atom stereocenters. The molecule has 0 aliphatic carbocycles. The Morgan fingerprint density at radius 3 is 1.92 bits per heavy atom. The molecule has 13 heavy (non-hydrogen) atoms. The quantitative estimate of drug-likeness (QED) is 0.325. The van der Waals surface area contributed by atoms with Crippen molar-refractivity contribution in [3.63, 3.8) is 0 Å². The van der Waals surface area contributed by atoms with Gasteiger partial charge in [0, 0.05) is 0 Å². The van der Waals surface area contributed by atoms with Crippen LogP contribution in [0.4, 0.5) is 0 Å². The van der Waals surface area contributed by atoms with Crippen LogP contribution < -0.4 is 0 Å². The molecule has 0 bridgehead atoms. The van der Waals surface area contributed by atoms with Crippen LogP contribution in [-0.4, -0.2) is 62.8 Å². The Bertz CT molecular complexity index is 148. The first kappa shape index (κ1) is 15.0. The highest BCUT2D eigenvalue weighted by Gasteiger charge is 2.28. The van der Waals surface area contributed by atoms with Gasteiger partial charge in [0.15, 0.2) is 5.78 Å². The zero-order chi connectivity index (χ0) is 9.72. The van der Waals surface area contributed by atoms with Crippen LogP contribution in [0.25, 0.3) is 0 Å². The Hall–Kier alpha value is -0.530. The second kappa shape index (κ2) is 6.93. The molecule has 80 valence electrons. The summed E-state index contributed by atoms with van der Waals surface area (Å²) in [5, 5.41) is 43.1. The van der Waals surface area contributed by atoms with Gasteiger partial charge in [0.1, 0.15) is 24.9 Å². The van der Waals surface area contributed by atoms with Crippen molar-refractivity contribution in [2.24, 2.45) is 0 Å². The molecule has 6 nitrogen and oxygen atoms in total. The number of rotatable bonds is 5. The molecule has 0 saturated carbocycles. The summed E-state index contributed by atoms with van der Waals surface area (Å²) in [6.07, 6.45) is -5.22. The van der Waals surface area contributed by atoms with Crippen molar-refractivity contribution in [1.29, 1.82) is 0 Å². The molecular formula is C7H16O6. The average molecular weight is 196 g/mol. The summed E-state index contributed by atoms with van der Waals surface area (Å²) in [7, 11) is 0. The standard InChI is InChI=1S/C6H12O6.CH4/c7-1-3(9)5(11)6(12)4(10)2-8;/h3,5-9,11-12H,1-2H2;1H4. The van der Waals surface area contributed by atoms with E-state index in [2.05, 4.69) is 0 Å². The van der Waals surface area contributed by atoms with E-state index in [1.165, 1.54) is 0 Å². The molecule has 0 saturated heterocycles. The van der Waals surface area contributed by atoms with Crippen LogP contribution in [0.15, 0.2) is 0 Å². The van der Waals surface area contributed by atoms with Crippen molar-refractivity contribution in [3.8, 4) is 0 Å². The maximum atomic E-state index is 10.5. The summed E-state index contributed by atoms with van der Waals surface area (Å²) in [4.78, 5) is 10.5. The molecular weight excluding hydrogens is 180 g/mol. The van der Waals surface area contributed by atoms with Crippen LogP contribution in [-0.2, 0) is 4.79 Å². The van der Waals surface area contributed by atoms with E-state index in [-0.39, 0.29) is 7.43 Å². The van der Waals surface area contributed by atoms with E-state index < -0.39 is 37.3 Å². The van der Waals surface area contributed by atoms with Gasteiger partial charge < -0.3 is 25.5 Å². The number of carbonyl (C=O) groups excluding carboxylic acids is 1. The highest BCUT2D eigenvalue weighted by atomic mass is 16.4. The topological polar surface area (TPSA) is 118 Å². The van der Waals surface area contributed by atoms with Crippen molar-refractivity contribution >= 4 is 5.78 Å². The number of aliphatic hydroxyl groups excluding tert-OH is 5. The minimum atomic E-state index is -1.86. The van der Waals surface area contributed by atoms with Gasteiger partial charge >= 0.3 is 0 Å². The van der Waals surface area contributed by atoms with Gasteiger partial charge in [-0.3, -0.25) is 4.79 Å². The molecule has 0 fully saturated rings. The molecule has 0 spiro atoms. The lowest BCUT2D eigenvalue weighted by molar-refractivity contribution is -0.142. The van der Waals surface area contributed by atoms with Gasteiger partial charge in [-0.25, -0.2) is 0 Å². The van der Waals surface area contributed by atoms with Crippen LogP contribution in [0.5, 0.6) is 0 Å². The summed E-state index contributed by atoms with van der Waals surface area (Å²) in [5.41, 5.74) is 0. The molecule has 0 aliphatic heterocycles. The van der Waals surface area contributed by atoms with Gasteiger partial charge in [-0.2, -0.15) is 0 Å². The Balaban J connectivity index is 0. The highest BCUT2D eigenvalue weighted by Crippen LogP contribution is 2.00. The molecule has 0 heterocycles. The first-order chi connectivity index (χ1) is 5.54. The van der Waals surface area contributed by atoms with Crippen LogP contribution >= 0.6 is 0 Å². The van der Waals surface area contributed by atoms with Crippen molar-refractivity contribution in [3.05, 3.63) is 0 Å². The zero-order valence-corrected chi connectivity index (χ0v) is 6.29. The van der Waals surface area contributed by atoms with Crippen LogP contribution in [0.2, 0.25) is 0 Å². The smallest absolute Gasteiger partial charge is 0.189 e. The van der Waals surface area contributed by atoms with Crippen molar-refractivity contribution in [2.45, 2.75) is 25.7 Å². The van der Waals surface area contributed by atoms with Gasteiger partial charge in [0.2, 0.25) is 0 Å². The van der Waals surface area contributed by atoms with Crippen LogP contribution in [0.1, 0.15) is 7.43 Å². The molecule has 0 aromatic carbocycles. The molecule has 0 radical (unpaired) electrons. The lowest BCUT2D eigenvalue weighted by atomic mass is 10.1. The third-order valence-electron chi connectivity index (χ3n) is 1.39. The third-order valence-corrected chi connectivity index (χ3v) is 1.39. The first-order valence-electron chi connectivity index (χ1n) is 3.33. The molecule has 0 amide bonds. The van der Waals surface area contributed by atoms with Crippen LogP contribution in [0.3, 0.4) is 0 Å². The summed E-state index contributed by atoms with van der Waals surface area (Å²) >= 11 is 0. The van der Waals surface area contributed by atoms with E-state index in [9.17, 15) is 4.79 Å². The van der Waals surface area contributed by atoms with Gasteiger partial charge in [-0.1, -0.05) is 7.43 Å². The molecule has 0 aromatic heterocycles. The van der Waals surface area contributed by atoms with E-state index >= 15 is 0 Å². The second-order valence-electron chi connectivity index (χ2n) is 2.31. The second-order valence-corrected chi connectivity index (χ2v) is 2.31. The number of Topliss-reactive ketones (excluding diaryl/α,β-unsaturated/α-hetero) is 1. The maximum Gasteiger partial charge on any atom is 0.189 e. The Morgan fingerprint density at radius 2 is 1.62 bits per heavy atom. The predicted molar refractivity (Wildman–Crippen MR) is 43.9 cm³/mol. The van der Waals surface area contributed by atoms with Gasteiger partial charge in [-0.05, 0) is 0 Å². The lowest BCUT2D eigenvalue weighted by Gasteiger charge is -2.19. The largest absolute Gasteiger partial charge is 0.394 e. The Morgan fingerprint density at radius 1 is 1.15 bits per heavy atom. The van der Waals surface area contributed by atoms with Crippen molar-refractivity contribution in [1.82, 2.24) is 0 Å². The molecule has 0 aliphatic rings. The van der Waals surface area contributed by atoms with Gasteiger partial charge in [0.25, 0.3) is 0 Å². The number of hydrogen-bond acceptors (Lipinski definition) is 6. The average Bonchev–Trinajstić information content (AvgIpc) is 2.12. The van der Waals surface area contributed by atoms with E-state index in [1.54, 1.807) is 0 Å². The minimum Gasteiger partial charge on any atom is -0.394 e. The number of hydrogen-bond donors (Lipinski definition) is 5. The monoisotopic (exact) mass is 196 g/mol. The maximum absolute atomic E-state index is 10.5. The summed E-state index contributed by atoms with van der Waals surface area (Å²) in [5.74, 6) is -1.00. The van der Waals surface area contributed by atoms with Crippen molar-refractivity contribution in [2.75, 3.05) is 13.2 Å². The van der Waals surface area contributed by atoms with E-state index in [4.69, 9.17) is 25.5 Å². The van der Waals surface area contributed by atoms with Gasteiger partial charge in [-0.15, -0.1) is 0 Å². The molecule has 0 rings (SSSR count). The number of ketones is 1. The summed E-state index contributed by atoms with van der Waals surface area (Å²) in [6, 6.07) is 0.